The van der Waals surface area contributed by atoms with Crippen molar-refractivity contribution in [1.29, 1.82) is 0 Å². The first-order valence-corrected chi connectivity index (χ1v) is 11.5. The fourth-order valence-corrected chi connectivity index (χ4v) is 4.41. The predicted molar refractivity (Wildman–Crippen MR) is 108 cm³/mol. The zero-order valence-corrected chi connectivity index (χ0v) is 16.7. The number of hydrogen-bond acceptors (Lipinski definition) is 3. The number of likely N-dealkylation sites (tertiary alicyclic amines) is 1. The van der Waals surface area contributed by atoms with E-state index in [1.165, 1.54) is 76.6 Å². The van der Waals surface area contributed by atoms with E-state index in [1.807, 2.05) is 11.8 Å². The second kappa shape index (κ2) is 12.0. The normalized spacial score (nSPS) is 21.8. The zero-order valence-electron chi connectivity index (χ0n) is 15.9. The number of nitrogens with zero attached hydrogens (tertiary/aromatic N) is 2. The van der Waals surface area contributed by atoms with Crippen LogP contribution in [0.2, 0.25) is 0 Å². The second-order valence-electron chi connectivity index (χ2n) is 7.21. The molecule has 1 saturated heterocycles. The summed E-state index contributed by atoms with van der Waals surface area (Å²) in [4.78, 5) is 7.51. The van der Waals surface area contributed by atoms with Crippen LogP contribution in [-0.2, 0) is 0 Å². The molecule has 2 N–H and O–H groups in total. The van der Waals surface area contributed by atoms with Crippen molar-refractivity contribution in [3.05, 3.63) is 0 Å². The highest BCUT2D eigenvalue weighted by molar-refractivity contribution is 7.98. The third kappa shape index (κ3) is 7.22. The van der Waals surface area contributed by atoms with Crippen LogP contribution in [0, 0.1) is 0 Å². The molecule has 24 heavy (non-hydrogen) atoms. The lowest BCUT2D eigenvalue weighted by Gasteiger charge is -2.39. The molecule has 0 bridgehead atoms. The summed E-state index contributed by atoms with van der Waals surface area (Å²) in [5.41, 5.74) is 0. The van der Waals surface area contributed by atoms with Gasteiger partial charge in [0, 0.05) is 38.3 Å². The molecule has 1 saturated carbocycles. The number of thioether (sulfide) groups is 1. The Bertz CT molecular complexity index is 347. The third-order valence-electron chi connectivity index (χ3n) is 5.33. The Labute approximate surface area is 153 Å². The van der Waals surface area contributed by atoms with Crippen LogP contribution in [-0.4, -0.2) is 61.1 Å². The van der Waals surface area contributed by atoms with Crippen molar-refractivity contribution >= 4 is 17.7 Å². The van der Waals surface area contributed by atoms with Crippen LogP contribution in [0.5, 0.6) is 0 Å². The van der Waals surface area contributed by atoms with Gasteiger partial charge in [0.15, 0.2) is 5.96 Å². The van der Waals surface area contributed by atoms with Gasteiger partial charge in [0.2, 0.25) is 0 Å². The van der Waals surface area contributed by atoms with Gasteiger partial charge in [-0.05, 0) is 57.5 Å². The van der Waals surface area contributed by atoms with Gasteiger partial charge in [-0.1, -0.05) is 19.3 Å². The summed E-state index contributed by atoms with van der Waals surface area (Å²) in [5.74, 6) is 2.27. The van der Waals surface area contributed by atoms with Gasteiger partial charge in [0.05, 0.1) is 0 Å². The summed E-state index contributed by atoms with van der Waals surface area (Å²) < 4.78 is 0. The van der Waals surface area contributed by atoms with E-state index in [4.69, 9.17) is 4.99 Å². The molecule has 0 aromatic heterocycles. The van der Waals surface area contributed by atoms with Gasteiger partial charge in [-0.25, -0.2) is 0 Å². The number of piperidine rings is 1. The number of aliphatic imine (C=N–C) groups is 1. The highest BCUT2D eigenvalue weighted by atomic mass is 32.2. The van der Waals surface area contributed by atoms with Crippen molar-refractivity contribution in [3.63, 3.8) is 0 Å². The average Bonchev–Trinajstić information content (AvgIpc) is 2.63. The van der Waals surface area contributed by atoms with Crippen LogP contribution in [0.1, 0.15) is 64.7 Å². The first-order valence-electron chi connectivity index (χ1n) is 10.1. The Hall–Kier alpha value is -0.420. The van der Waals surface area contributed by atoms with Gasteiger partial charge in [0.25, 0.3) is 0 Å². The number of rotatable bonds is 8. The van der Waals surface area contributed by atoms with E-state index < -0.39 is 0 Å². The molecule has 140 valence electrons. The lowest BCUT2D eigenvalue weighted by Crippen LogP contribution is -2.51. The Morgan fingerprint density at radius 2 is 1.83 bits per heavy atom. The van der Waals surface area contributed by atoms with E-state index in [-0.39, 0.29) is 0 Å². The molecule has 4 nitrogen and oxygen atoms in total. The lowest BCUT2D eigenvalue weighted by molar-refractivity contribution is 0.119. The van der Waals surface area contributed by atoms with E-state index >= 15 is 0 Å². The molecule has 1 aliphatic heterocycles. The summed E-state index contributed by atoms with van der Waals surface area (Å²) in [5, 5.41) is 7.09. The molecule has 0 radical (unpaired) electrons. The molecule has 0 unspecified atom stereocenters. The fourth-order valence-electron chi connectivity index (χ4n) is 3.92. The first-order chi connectivity index (χ1) is 11.8. The molecule has 2 aliphatic rings. The summed E-state index contributed by atoms with van der Waals surface area (Å²) in [7, 11) is 0. The van der Waals surface area contributed by atoms with E-state index in [0.29, 0.717) is 6.04 Å². The predicted octanol–water partition coefficient (Wildman–Crippen LogP) is 3.48. The van der Waals surface area contributed by atoms with Gasteiger partial charge in [-0.3, -0.25) is 4.99 Å². The van der Waals surface area contributed by atoms with Crippen molar-refractivity contribution in [2.75, 3.05) is 38.2 Å². The standard InChI is InChI=1S/C19H38N4S/c1-3-20-19(21-13-7-8-16-24-2)22-17-11-14-23(15-12-17)18-9-5-4-6-10-18/h17-18H,3-16H2,1-2H3,(H2,20,21,22). The second-order valence-corrected chi connectivity index (χ2v) is 8.19. The molecular formula is C19H38N4S. The van der Waals surface area contributed by atoms with Crippen LogP contribution < -0.4 is 10.6 Å². The molecule has 0 spiro atoms. The first kappa shape index (κ1) is 19.9. The van der Waals surface area contributed by atoms with Gasteiger partial charge in [-0.2, -0.15) is 11.8 Å². The Morgan fingerprint density at radius 3 is 2.50 bits per heavy atom. The van der Waals surface area contributed by atoms with E-state index in [0.717, 1.165) is 25.1 Å². The number of hydrogen-bond donors (Lipinski definition) is 2. The van der Waals surface area contributed by atoms with Crippen molar-refractivity contribution in [1.82, 2.24) is 15.5 Å². The van der Waals surface area contributed by atoms with E-state index in [2.05, 4.69) is 28.7 Å². The smallest absolute Gasteiger partial charge is 0.191 e. The third-order valence-corrected chi connectivity index (χ3v) is 6.03. The minimum atomic E-state index is 0.592. The summed E-state index contributed by atoms with van der Waals surface area (Å²) in [6, 6.07) is 1.46. The van der Waals surface area contributed by atoms with Crippen LogP contribution in [0.4, 0.5) is 0 Å². The van der Waals surface area contributed by atoms with Crippen LogP contribution in [0.15, 0.2) is 4.99 Å². The highest BCUT2D eigenvalue weighted by Gasteiger charge is 2.26. The van der Waals surface area contributed by atoms with Crippen molar-refractivity contribution in [2.45, 2.75) is 76.8 Å². The van der Waals surface area contributed by atoms with Crippen LogP contribution >= 0.6 is 11.8 Å². The Kier molecular flexibility index (Phi) is 9.96. The Morgan fingerprint density at radius 1 is 1.08 bits per heavy atom. The largest absolute Gasteiger partial charge is 0.357 e. The maximum atomic E-state index is 4.76. The minimum Gasteiger partial charge on any atom is -0.357 e. The van der Waals surface area contributed by atoms with Crippen molar-refractivity contribution < 1.29 is 0 Å². The molecule has 5 heteroatoms. The summed E-state index contributed by atoms with van der Waals surface area (Å²) in [6.07, 6.45) is 14.3. The highest BCUT2D eigenvalue weighted by Crippen LogP contribution is 2.25. The maximum absolute atomic E-state index is 4.76. The zero-order chi connectivity index (χ0) is 17.0. The molecule has 0 amide bonds. The maximum Gasteiger partial charge on any atom is 0.191 e. The summed E-state index contributed by atoms with van der Waals surface area (Å²) in [6.45, 7) is 6.55. The van der Waals surface area contributed by atoms with Crippen LogP contribution in [0.25, 0.3) is 0 Å². The monoisotopic (exact) mass is 354 g/mol. The molecule has 2 rings (SSSR count). The quantitative estimate of drug-likeness (QED) is 0.398. The molecule has 0 atom stereocenters. The molecule has 2 fully saturated rings. The van der Waals surface area contributed by atoms with E-state index in [1.54, 1.807) is 0 Å². The van der Waals surface area contributed by atoms with E-state index in [9.17, 15) is 0 Å². The number of nitrogens with one attached hydrogen (secondary N) is 2. The molecular weight excluding hydrogens is 316 g/mol. The van der Waals surface area contributed by atoms with Gasteiger partial charge in [-0.15, -0.1) is 0 Å². The molecule has 0 aromatic carbocycles. The number of unbranched alkanes of at least 4 members (excludes halogenated alkanes) is 1. The molecule has 0 aromatic rings. The molecule has 1 heterocycles. The minimum absolute atomic E-state index is 0.592. The molecule has 1 aliphatic carbocycles. The number of guanidine groups is 1. The van der Waals surface area contributed by atoms with Crippen molar-refractivity contribution in [3.8, 4) is 0 Å². The topological polar surface area (TPSA) is 39.7 Å². The average molecular weight is 355 g/mol. The lowest BCUT2D eigenvalue weighted by atomic mass is 9.92. The Balaban J connectivity index is 1.69. The van der Waals surface area contributed by atoms with Crippen molar-refractivity contribution in [2.24, 2.45) is 4.99 Å². The SMILES string of the molecule is CCNC(=NCCCCSC)NC1CCN(C2CCCCC2)CC1. The van der Waals surface area contributed by atoms with Gasteiger partial charge >= 0.3 is 0 Å². The fraction of sp³-hybridized carbons (Fsp3) is 0.947. The van der Waals surface area contributed by atoms with Gasteiger partial charge in [0.1, 0.15) is 0 Å². The van der Waals surface area contributed by atoms with Gasteiger partial charge < -0.3 is 15.5 Å². The summed E-state index contributed by atoms with van der Waals surface area (Å²) >= 11 is 1.93. The van der Waals surface area contributed by atoms with Crippen LogP contribution in [0.3, 0.4) is 0 Å².